The molecule has 7 nitrogen and oxygen atoms in total. The van der Waals surface area contributed by atoms with E-state index in [2.05, 4.69) is 0 Å². The molecule has 0 saturated carbocycles. The normalized spacial score (nSPS) is 23.9. The van der Waals surface area contributed by atoms with Crippen LogP contribution in [0.4, 0.5) is 0 Å². The highest BCUT2D eigenvalue weighted by Crippen LogP contribution is 2.41. The molecule has 1 fully saturated rings. The molecule has 3 rings (SSSR count). The maximum absolute atomic E-state index is 12.1. The number of carbonyl (C=O) groups excluding carboxylic acids is 1. The quantitative estimate of drug-likeness (QED) is 0.773. The van der Waals surface area contributed by atoms with E-state index in [1.54, 1.807) is 6.08 Å². The van der Waals surface area contributed by atoms with Crippen LogP contribution < -0.4 is 10.3 Å². The molecule has 0 spiro atoms. The minimum Gasteiger partial charge on any atom is -0.477 e. The number of pyridine rings is 1. The maximum Gasteiger partial charge on any atom is 0.352 e. The first kappa shape index (κ1) is 13.7. The summed E-state index contributed by atoms with van der Waals surface area (Å²) in [5, 5.41) is 8.86. The number of nitrogens with zero attached hydrogens (tertiary/aromatic N) is 2. The lowest BCUT2D eigenvalue weighted by Crippen LogP contribution is -2.62. The molecule has 0 bridgehead atoms. The van der Waals surface area contributed by atoms with Gasteiger partial charge in [0, 0.05) is 30.3 Å². The van der Waals surface area contributed by atoms with E-state index in [1.165, 1.54) is 45.9 Å². The molecule has 1 aromatic heterocycles. The minimum atomic E-state index is -1.09. The third-order valence-electron chi connectivity index (χ3n) is 3.35. The summed E-state index contributed by atoms with van der Waals surface area (Å²) in [5.41, 5.74) is -0.0804. The number of carboxylic acid groups (broad SMARTS) is 1. The molecule has 2 aliphatic rings. The molecule has 3 heterocycles. The van der Waals surface area contributed by atoms with Crippen molar-refractivity contribution in [1.82, 2.24) is 9.63 Å². The van der Waals surface area contributed by atoms with Crippen LogP contribution in [-0.4, -0.2) is 44.3 Å². The van der Waals surface area contributed by atoms with Crippen molar-refractivity contribution < 1.29 is 19.5 Å². The van der Waals surface area contributed by atoms with Gasteiger partial charge in [-0.15, -0.1) is 11.8 Å². The van der Waals surface area contributed by atoms with E-state index >= 15 is 0 Å². The predicted molar refractivity (Wildman–Crippen MR) is 74.4 cm³/mol. The summed E-state index contributed by atoms with van der Waals surface area (Å²) in [5.74, 6) is -1.15. The highest BCUT2D eigenvalue weighted by Gasteiger charge is 2.52. The van der Waals surface area contributed by atoms with E-state index < -0.39 is 5.97 Å². The first-order valence-corrected chi connectivity index (χ1v) is 7.32. The molecule has 1 N–H and O–H groups in total. The highest BCUT2D eigenvalue weighted by atomic mass is 32.2. The van der Waals surface area contributed by atoms with Gasteiger partial charge in [-0.2, -0.15) is 4.73 Å². The Labute approximate surface area is 123 Å². The van der Waals surface area contributed by atoms with Crippen molar-refractivity contribution in [3.63, 3.8) is 0 Å². The van der Waals surface area contributed by atoms with E-state index in [1.807, 2.05) is 0 Å². The molecule has 1 unspecified atom stereocenters. The highest BCUT2D eigenvalue weighted by molar-refractivity contribution is 8.00. The summed E-state index contributed by atoms with van der Waals surface area (Å²) in [7, 11) is 0. The van der Waals surface area contributed by atoms with Crippen LogP contribution in [0.2, 0.25) is 0 Å². The van der Waals surface area contributed by atoms with Gasteiger partial charge in [0.1, 0.15) is 18.2 Å². The summed E-state index contributed by atoms with van der Waals surface area (Å²) in [6.45, 7) is 0.142. The Morgan fingerprint density at radius 3 is 2.76 bits per heavy atom. The Kier molecular flexibility index (Phi) is 3.46. The first-order chi connectivity index (χ1) is 10.1. The van der Waals surface area contributed by atoms with Crippen LogP contribution in [-0.2, 0) is 9.59 Å². The SMILES string of the molecule is O=C(O)C1=CCS[C@H]2C(COn3ccc(=O)cc3)C(=O)N12. The fourth-order valence-corrected chi connectivity index (χ4v) is 3.53. The van der Waals surface area contributed by atoms with Gasteiger partial charge in [-0.1, -0.05) is 0 Å². The zero-order valence-corrected chi connectivity index (χ0v) is 11.7. The van der Waals surface area contributed by atoms with Crippen molar-refractivity contribution in [2.75, 3.05) is 12.4 Å². The summed E-state index contributed by atoms with van der Waals surface area (Å²) in [6, 6.07) is 2.71. The van der Waals surface area contributed by atoms with Crippen LogP contribution in [0, 0.1) is 5.92 Å². The average molecular weight is 308 g/mol. The van der Waals surface area contributed by atoms with Crippen LogP contribution in [0.5, 0.6) is 0 Å². The molecular formula is C13H12N2O5S. The molecule has 0 aromatic carbocycles. The molecule has 8 heteroatoms. The number of thioether (sulfide) groups is 1. The fourth-order valence-electron chi connectivity index (χ4n) is 2.29. The largest absolute Gasteiger partial charge is 0.477 e. The Balaban J connectivity index is 1.65. The van der Waals surface area contributed by atoms with Crippen LogP contribution in [0.1, 0.15) is 0 Å². The lowest BCUT2D eigenvalue weighted by atomic mass is 9.98. The Hall–Kier alpha value is -2.22. The summed E-state index contributed by atoms with van der Waals surface area (Å²) < 4.78 is 1.36. The Bertz CT molecular complexity index is 663. The second-order valence-electron chi connectivity index (χ2n) is 4.62. The van der Waals surface area contributed by atoms with Crippen LogP contribution >= 0.6 is 11.8 Å². The number of amides is 1. The zero-order chi connectivity index (χ0) is 15.0. The molecule has 2 aliphatic heterocycles. The zero-order valence-electron chi connectivity index (χ0n) is 10.8. The molecule has 0 aliphatic carbocycles. The van der Waals surface area contributed by atoms with Gasteiger partial charge < -0.3 is 9.94 Å². The van der Waals surface area contributed by atoms with E-state index in [0.717, 1.165) is 0 Å². The number of aliphatic carboxylic acids is 1. The van der Waals surface area contributed by atoms with Crippen molar-refractivity contribution in [3.05, 3.63) is 46.5 Å². The van der Waals surface area contributed by atoms with E-state index in [9.17, 15) is 14.4 Å². The van der Waals surface area contributed by atoms with E-state index in [0.29, 0.717) is 5.75 Å². The molecular weight excluding hydrogens is 296 g/mol. The maximum atomic E-state index is 12.1. The number of aromatic nitrogens is 1. The van der Waals surface area contributed by atoms with Gasteiger partial charge >= 0.3 is 5.97 Å². The topological polar surface area (TPSA) is 88.8 Å². The molecule has 0 radical (unpaired) electrons. The number of carbonyl (C=O) groups is 2. The molecule has 110 valence electrons. The summed E-state index contributed by atoms with van der Waals surface area (Å²) >= 11 is 1.51. The minimum absolute atomic E-state index is 0.0448. The molecule has 21 heavy (non-hydrogen) atoms. The van der Waals surface area contributed by atoms with Gasteiger partial charge in [-0.05, 0) is 6.08 Å². The number of hydrogen-bond acceptors (Lipinski definition) is 5. The van der Waals surface area contributed by atoms with E-state index in [4.69, 9.17) is 9.94 Å². The molecule has 1 amide bonds. The van der Waals surface area contributed by atoms with Crippen LogP contribution in [0.25, 0.3) is 0 Å². The molecule has 1 saturated heterocycles. The Morgan fingerprint density at radius 2 is 2.10 bits per heavy atom. The van der Waals surface area contributed by atoms with Gasteiger partial charge in [0.05, 0.1) is 5.37 Å². The fraction of sp³-hybridized carbons (Fsp3) is 0.308. The standard InChI is InChI=1S/C13H12N2O5S/c16-8-1-4-14(5-2-8)20-7-9-11(17)15-10(13(18)19)3-6-21-12(9)15/h1-5,9,12H,6-7H2,(H,18,19)/t9?,12-/m0/s1. The second-order valence-corrected chi connectivity index (χ2v) is 5.77. The van der Waals surface area contributed by atoms with Crippen molar-refractivity contribution in [3.8, 4) is 0 Å². The molecule has 1 aromatic rings. The van der Waals surface area contributed by atoms with Crippen molar-refractivity contribution in [1.29, 1.82) is 0 Å². The van der Waals surface area contributed by atoms with Crippen molar-refractivity contribution in [2.24, 2.45) is 5.92 Å². The predicted octanol–water partition coefficient (Wildman–Crippen LogP) is -0.223. The van der Waals surface area contributed by atoms with Crippen LogP contribution in [0.15, 0.2) is 41.1 Å². The Morgan fingerprint density at radius 1 is 1.38 bits per heavy atom. The third-order valence-corrected chi connectivity index (χ3v) is 4.59. The average Bonchev–Trinajstić information content (AvgIpc) is 2.48. The summed E-state index contributed by atoms with van der Waals surface area (Å²) in [6.07, 6.45) is 4.49. The number of rotatable bonds is 4. The second kappa shape index (κ2) is 5.28. The lowest BCUT2D eigenvalue weighted by Gasteiger charge is -2.47. The van der Waals surface area contributed by atoms with Crippen molar-refractivity contribution in [2.45, 2.75) is 5.37 Å². The monoisotopic (exact) mass is 308 g/mol. The van der Waals surface area contributed by atoms with Gasteiger partial charge in [-0.3, -0.25) is 14.5 Å². The number of hydrogen-bond donors (Lipinski definition) is 1. The van der Waals surface area contributed by atoms with E-state index in [-0.39, 0.29) is 34.9 Å². The third kappa shape index (κ3) is 2.42. The van der Waals surface area contributed by atoms with Gasteiger partial charge in [0.15, 0.2) is 5.43 Å². The first-order valence-electron chi connectivity index (χ1n) is 6.27. The number of carboxylic acids is 1. The smallest absolute Gasteiger partial charge is 0.352 e. The number of fused-ring (bicyclic) bond motifs is 1. The van der Waals surface area contributed by atoms with Crippen LogP contribution in [0.3, 0.4) is 0 Å². The van der Waals surface area contributed by atoms with Crippen molar-refractivity contribution >= 4 is 23.6 Å². The van der Waals surface area contributed by atoms with Gasteiger partial charge in [-0.25, -0.2) is 4.79 Å². The molecule has 2 atom stereocenters. The summed E-state index contributed by atoms with van der Waals surface area (Å²) in [4.78, 5) is 40.8. The van der Waals surface area contributed by atoms with Gasteiger partial charge in [0.2, 0.25) is 5.91 Å². The van der Waals surface area contributed by atoms with Gasteiger partial charge in [0.25, 0.3) is 0 Å². The lowest BCUT2D eigenvalue weighted by molar-refractivity contribution is -0.155. The number of β-lactam (4-membered cyclic amide) rings is 1.